The standard InChI is InChI=1S/C25H32IN5O2/c1-31-11-9-16(10-12-31)13-23(32)17-5-7-19(8-6-17)29-25-28-15-21(26)22(30-25)14-18-3-2-4-20(18)24(27)33/h5-8,15-16,18,20H,2-4,9-14H2,1H3,(H2,27,33)(H,28,29,30)/t18-,20-/m0/s1. The number of nitrogens with two attached hydrogens (primary N) is 1. The summed E-state index contributed by atoms with van der Waals surface area (Å²) in [5.41, 5.74) is 8.13. The van der Waals surface area contributed by atoms with Crippen molar-refractivity contribution in [3.8, 4) is 0 Å². The number of likely N-dealkylation sites (tertiary alicyclic amines) is 1. The third-order valence-electron chi connectivity index (χ3n) is 7.07. The summed E-state index contributed by atoms with van der Waals surface area (Å²) < 4.78 is 0.989. The van der Waals surface area contributed by atoms with Crippen LogP contribution < -0.4 is 11.1 Å². The van der Waals surface area contributed by atoms with Crippen molar-refractivity contribution in [2.24, 2.45) is 23.5 Å². The number of halogens is 1. The van der Waals surface area contributed by atoms with Crippen LogP contribution >= 0.6 is 22.6 Å². The van der Waals surface area contributed by atoms with Crippen LogP contribution in [0.15, 0.2) is 30.5 Å². The van der Waals surface area contributed by atoms with Gasteiger partial charge in [0.05, 0.1) is 9.26 Å². The summed E-state index contributed by atoms with van der Waals surface area (Å²) in [6.45, 7) is 2.14. The van der Waals surface area contributed by atoms with Crippen LogP contribution in [0, 0.1) is 21.3 Å². The highest BCUT2D eigenvalue weighted by Gasteiger charge is 2.32. The van der Waals surface area contributed by atoms with Crippen LogP contribution in [0.2, 0.25) is 0 Å². The molecule has 7 nitrogen and oxygen atoms in total. The molecule has 1 aromatic carbocycles. The maximum atomic E-state index is 12.7. The largest absolute Gasteiger partial charge is 0.369 e. The molecule has 0 bridgehead atoms. The maximum Gasteiger partial charge on any atom is 0.227 e. The van der Waals surface area contributed by atoms with E-state index < -0.39 is 0 Å². The average Bonchev–Trinajstić information content (AvgIpc) is 3.27. The van der Waals surface area contributed by atoms with Crippen LogP contribution in [-0.4, -0.2) is 46.7 Å². The minimum absolute atomic E-state index is 0.0632. The first-order valence-electron chi connectivity index (χ1n) is 11.8. The second kappa shape index (κ2) is 10.9. The zero-order valence-electron chi connectivity index (χ0n) is 19.1. The molecule has 2 aromatic rings. The number of anilines is 2. The molecule has 4 rings (SSSR count). The molecule has 1 amide bonds. The molecule has 0 spiro atoms. The number of hydrogen-bond donors (Lipinski definition) is 2. The lowest BCUT2D eigenvalue weighted by atomic mass is 9.90. The fourth-order valence-electron chi connectivity index (χ4n) is 5.02. The molecular weight excluding hydrogens is 529 g/mol. The molecule has 8 heteroatoms. The molecule has 2 heterocycles. The number of rotatable bonds is 8. The fraction of sp³-hybridized carbons (Fsp3) is 0.520. The normalized spacial score (nSPS) is 21.8. The van der Waals surface area contributed by atoms with Crippen LogP contribution in [0.4, 0.5) is 11.6 Å². The van der Waals surface area contributed by atoms with Crippen molar-refractivity contribution in [1.29, 1.82) is 0 Å². The van der Waals surface area contributed by atoms with Crippen molar-refractivity contribution in [1.82, 2.24) is 14.9 Å². The molecule has 0 unspecified atom stereocenters. The van der Waals surface area contributed by atoms with E-state index in [0.29, 0.717) is 18.3 Å². The zero-order chi connectivity index (χ0) is 23.4. The van der Waals surface area contributed by atoms with Gasteiger partial charge in [0.2, 0.25) is 11.9 Å². The van der Waals surface area contributed by atoms with E-state index in [1.165, 1.54) is 0 Å². The summed E-state index contributed by atoms with van der Waals surface area (Å²) in [6, 6.07) is 7.57. The summed E-state index contributed by atoms with van der Waals surface area (Å²) >= 11 is 2.24. The molecular formula is C25H32IN5O2. The third-order valence-corrected chi connectivity index (χ3v) is 7.97. The maximum absolute atomic E-state index is 12.7. The van der Waals surface area contributed by atoms with Crippen molar-refractivity contribution in [3.05, 3.63) is 45.3 Å². The van der Waals surface area contributed by atoms with E-state index >= 15 is 0 Å². The number of aromatic nitrogens is 2. The van der Waals surface area contributed by atoms with Crippen LogP contribution in [0.5, 0.6) is 0 Å². The summed E-state index contributed by atoms with van der Waals surface area (Å²) in [7, 11) is 2.14. The average molecular weight is 561 g/mol. The van der Waals surface area contributed by atoms with Gasteiger partial charge < -0.3 is 16.0 Å². The number of amides is 1. The van der Waals surface area contributed by atoms with Gasteiger partial charge in [0.1, 0.15) is 0 Å². The summed E-state index contributed by atoms with van der Waals surface area (Å²) in [4.78, 5) is 35.9. The van der Waals surface area contributed by atoms with Gasteiger partial charge in [0, 0.05) is 29.8 Å². The van der Waals surface area contributed by atoms with Gasteiger partial charge in [-0.05, 0) is 111 Å². The molecule has 1 aromatic heterocycles. The smallest absolute Gasteiger partial charge is 0.227 e. The Morgan fingerprint density at radius 1 is 1.15 bits per heavy atom. The minimum atomic E-state index is -0.203. The molecule has 1 aliphatic carbocycles. The number of piperidine rings is 1. The van der Waals surface area contributed by atoms with Gasteiger partial charge in [-0.3, -0.25) is 9.59 Å². The Morgan fingerprint density at radius 3 is 2.58 bits per heavy atom. The lowest BCUT2D eigenvalue weighted by molar-refractivity contribution is -0.122. The highest BCUT2D eigenvalue weighted by molar-refractivity contribution is 14.1. The van der Waals surface area contributed by atoms with Gasteiger partial charge in [0.25, 0.3) is 0 Å². The van der Waals surface area contributed by atoms with Gasteiger partial charge in [0.15, 0.2) is 5.78 Å². The highest BCUT2D eigenvalue weighted by Crippen LogP contribution is 2.34. The number of ketones is 1. The van der Waals surface area contributed by atoms with E-state index in [1.807, 2.05) is 24.3 Å². The minimum Gasteiger partial charge on any atom is -0.369 e. The van der Waals surface area contributed by atoms with Crippen molar-refractivity contribution in [2.75, 3.05) is 25.5 Å². The molecule has 3 N–H and O–H groups in total. The Bertz CT molecular complexity index is 989. The first kappa shape index (κ1) is 24.1. The monoisotopic (exact) mass is 561 g/mol. The first-order valence-corrected chi connectivity index (χ1v) is 12.9. The fourth-order valence-corrected chi connectivity index (χ4v) is 5.50. The molecule has 176 valence electrons. The first-order chi connectivity index (χ1) is 15.9. The Labute approximate surface area is 209 Å². The van der Waals surface area contributed by atoms with E-state index in [4.69, 9.17) is 10.7 Å². The lowest BCUT2D eigenvalue weighted by Crippen LogP contribution is -2.31. The second-order valence-electron chi connectivity index (χ2n) is 9.47. The highest BCUT2D eigenvalue weighted by atomic mass is 127. The SMILES string of the molecule is CN1CCC(CC(=O)c2ccc(Nc3ncc(I)c(C[C@@H]4CCC[C@@H]4C(N)=O)n3)cc2)CC1. The Morgan fingerprint density at radius 2 is 1.88 bits per heavy atom. The zero-order valence-corrected chi connectivity index (χ0v) is 21.3. The van der Waals surface area contributed by atoms with Crippen LogP contribution in [-0.2, 0) is 11.2 Å². The topological polar surface area (TPSA) is 101 Å². The molecule has 1 saturated carbocycles. The third kappa shape index (κ3) is 6.29. The van der Waals surface area contributed by atoms with Crippen LogP contribution in [0.1, 0.15) is 54.6 Å². The number of benzene rings is 1. The second-order valence-corrected chi connectivity index (χ2v) is 10.6. The summed E-state index contributed by atoms with van der Waals surface area (Å²) in [6.07, 6.45) is 8.25. The lowest BCUT2D eigenvalue weighted by Gasteiger charge is -2.28. The Balaban J connectivity index is 1.37. The molecule has 2 aliphatic rings. The number of carbonyl (C=O) groups excluding carboxylic acids is 2. The van der Waals surface area contributed by atoms with Gasteiger partial charge in [-0.2, -0.15) is 0 Å². The van der Waals surface area contributed by atoms with Crippen LogP contribution in [0.25, 0.3) is 0 Å². The molecule has 2 fully saturated rings. The molecule has 0 radical (unpaired) electrons. The summed E-state index contributed by atoms with van der Waals surface area (Å²) in [5, 5.41) is 3.25. The van der Waals surface area contributed by atoms with Gasteiger partial charge in [-0.15, -0.1) is 0 Å². The number of hydrogen-bond acceptors (Lipinski definition) is 6. The molecule has 2 atom stereocenters. The van der Waals surface area contributed by atoms with E-state index in [9.17, 15) is 9.59 Å². The van der Waals surface area contributed by atoms with E-state index in [-0.39, 0.29) is 23.5 Å². The van der Waals surface area contributed by atoms with Gasteiger partial charge >= 0.3 is 0 Å². The molecule has 33 heavy (non-hydrogen) atoms. The van der Waals surface area contributed by atoms with Crippen LogP contribution in [0.3, 0.4) is 0 Å². The number of primary amides is 1. The predicted molar refractivity (Wildman–Crippen MR) is 137 cm³/mol. The van der Waals surface area contributed by atoms with Crippen molar-refractivity contribution >= 4 is 45.9 Å². The molecule has 1 saturated heterocycles. The summed E-state index contributed by atoms with van der Waals surface area (Å²) in [5.74, 6) is 1.19. The van der Waals surface area contributed by atoms with E-state index in [0.717, 1.165) is 72.1 Å². The van der Waals surface area contributed by atoms with Gasteiger partial charge in [-0.25, -0.2) is 9.97 Å². The predicted octanol–water partition coefficient (Wildman–Crippen LogP) is 4.18. The van der Waals surface area contributed by atoms with Crippen molar-refractivity contribution in [3.63, 3.8) is 0 Å². The number of nitrogens with zero attached hydrogens (tertiary/aromatic N) is 3. The van der Waals surface area contributed by atoms with E-state index in [1.54, 1.807) is 6.20 Å². The van der Waals surface area contributed by atoms with Crippen molar-refractivity contribution < 1.29 is 9.59 Å². The number of carbonyl (C=O) groups is 2. The van der Waals surface area contributed by atoms with Gasteiger partial charge in [-0.1, -0.05) is 6.42 Å². The molecule has 1 aliphatic heterocycles. The number of Topliss-reactive ketones (excluding diaryl/α,β-unsaturated/α-hetero) is 1. The van der Waals surface area contributed by atoms with E-state index in [2.05, 4.69) is 44.8 Å². The quantitative estimate of drug-likeness (QED) is 0.371. The Hall–Kier alpha value is -2.07. The van der Waals surface area contributed by atoms with Crippen molar-refractivity contribution in [2.45, 2.75) is 44.9 Å². The Kier molecular flexibility index (Phi) is 7.95. The number of nitrogens with one attached hydrogen (secondary N) is 1.